The molecular formula is C26H24BrN3O5S. The van der Waals surface area contributed by atoms with Gasteiger partial charge in [0.2, 0.25) is 10.9 Å². The summed E-state index contributed by atoms with van der Waals surface area (Å²) in [5, 5.41) is 8.79. The molecule has 36 heavy (non-hydrogen) atoms. The van der Waals surface area contributed by atoms with Gasteiger partial charge in [0, 0.05) is 4.47 Å². The molecule has 0 saturated heterocycles. The van der Waals surface area contributed by atoms with Crippen LogP contribution in [0.1, 0.15) is 54.9 Å². The van der Waals surface area contributed by atoms with Crippen LogP contribution < -0.4 is 19.8 Å². The van der Waals surface area contributed by atoms with E-state index >= 15 is 0 Å². The summed E-state index contributed by atoms with van der Waals surface area (Å²) in [5.74, 6) is 1.23. The summed E-state index contributed by atoms with van der Waals surface area (Å²) in [6, 6.07) is 9.87. The van der Waals surface area contributed by atoms with Crippen LogP contribution in [-0.2, 0) is 0 Å². The number of hydrogen-bond donors (Lipinski definition) is 0. The number of rotatable bonds is 8. The first-order chi connectivity index (χ1) is 17.4. The first kappa shape index (κ1) is 24.5. The Morgan fingerprint density at radius 2 is 1.97 bits per heavy atom. The third kappa shape index (κ3) is 4.39. The van der Waals surface area contributed by atoms with Crippen molar-refractivity contribution in [2.75, 3.05) is 18.1 Å². The highest BCUT2D eigenvalue weighted by molar-refractivity contribution is 9.10. The van der Waals surface area contributed by atoms with Crippen LogP contribution in [0.3, 0.4) is 0 Å². The molecule has 1 atom stereocenters. The van der Waals surface area contributed by atoms with Gasteiger partial charge in [-0.3, -0.25) is 14.5 Å². The molecular weight excluding hydrogens is 546 g/mol. The van der Waals surface area contributed by atoms with E-state index in [4.69, 9.17) is 13.9 Å². The molecule has 1 aliphatic rings. The highest BCUT2D eigenvalue weighted by Crippen LogP contribution is 2.43. The van der Waals surface area contributed by atoms with Crippen LogP contribution in [0.25, 0.3) is 11.0 Å². The Morgan fingerprint density at radius 3 is 2.69 bits per heavy atom. The van der Waals surface area contributed by atoms with Crippen molar-refractivity contribution in [3.8, 4) is 11.5 Å². The minimum Gasteiger partial charge on any atom is -0.490 e. The molecule has 0 fully saturated rings. The van der Waals surface area contributed by atoms with E-state index in [1.165, 1.54) is 16.2 Å². The second-order valence-electron chi connectivity index (χ2n) is 8.78. The number of hydrogen-bond acceptors (Lipinski definition) is 8. The van der Waals surface area contributed by atoms with Gasteiger partial charge in [-0.1, -0.05) is 47.2 Å². The molecule has 0 bridgehead atoms. The predicted octanol–water partition coefficient (Wildman–Crippen LogP) is 5.98. The second-order valence-corrected chi connectivity index (χ2v) is 10.5. The average molecular weight is 570 g/mol. The molecule has 5 rings (SSSR count). The molecule has 1 unspecified atom stereocenters. The molecule has 8 nitrogen and oxygen atoms in total. The van der Waals surface area contributed by atoms with Crippen LogP contribution in [0.15, 0.2) is 55.6 Å². The van der Waals surface area contributed by atoms with Gasteiger partial charge in [0.15, 0.2) is 16.9 Å². The first-order valence-corrected chi connectivity index (χ1v) is 13.3. The molecule has 3 heterocycles. The fourth-order valence-electron chi connectivity index (χ4n) is 4.22. The maximum atomic E-state index is 13.8. The summed E-state index contributed by atoms with van der Waals surface area (Å²) in [7, 11) is 0. The quantitative estimate of drug-likeness (QED) is 0.257. The van der Waals surface area contributed by atoms with E-state index in [0.29, 0.717) is 52.3 Å². The molecule has 0 radical (unpaired) electrons. The van der Waals surface area contributed by atoms with Crippen molar-refractivity contribution in [3.63, 3.8) is 0 Å². The Bertz CT molecular complexity index is 1490. The monoisotopic (exact) mass is 569 g/mol. The van der Waals surface area contributed by atoms with E-state index < -0.39 is 11.9 Å². The van der Waals surface area contributed by atoms with Crippen LogP contribution in [0.5, 0.6) is 11.5 Å². The zero-order valence-electron chi connectivity index (χ0n) is 20.0. The Hall–Kier alpha value is -3.24. The molecule has 1 amide bonds. The Balaban J connectivity index is 1.67. The lowest BCUT2D eigenvalue weighted by atomic mass is 9.98. The Morgan fingerprint density at radius 1 is 1.14 bits per heavy atom. The molecule has 0 N–H and O–H groups in total. The second kappa shape index (κ2) is 10.0. The third-order valence-electron chi connectivity index (χ3n) is 5.92. The van der Waals surface area contributed by atoms with Gasteiger partial charge in [-0.05, 0) is 55.2 Å². The number of nitrogens with zero attached hydrogens (tertiary/aromatic N) is 3. The van der Waals surface area contributed by atoms with Gasteiger partial charge in [0.1, 0.15) is 11.1 Å². The summed E-state index contributed by atoms with van der Waals surface area (Å²) >= 11 is 4.63. The highest BCUT2D eigenvalue weighted by Gasteiger charge is 2.45. The summed E-state index contributed by atoms with van der Waals surface area (Å²) in [6.07, 6.45) is 0.909. The normalized spacial score (nSPS) is 15.1. The lowest BCUT2D eigenvalue weighted by Crippen LogP contribution is -2.29. The summed E-state index contributed by atoms with van der Waals surface area (Å²) in [6.45, 7) is 7.17. The highest BCUT2D eigenvalue weighted by atomic mass is 79.9. The predicted molar refractivity (Wildman–Crippen MR) is 141 cm³/mol. The van der Waals surface area contributed by atoms with E-state index in [1.807, 2.05) is 25.1 Å². The van der Waals surface area contributed by atoms with Gasteiger partial charge in [0.05, 0.1) is 30.2 Å². The molecule has 2 aromatic carbocycles. The topological polar surface area (TPSA) is 94.8 Å². The number of aromatic nitrogens is 2. The standard InChI is InChI=1S/C26H24BrN3O5S/c1-4-33-20-11-15(5-7-19(20)34-10-9-14(2)3)22-21-23(31)17-12-16(27)6-8-18(17)35-24(21)25(32)30(22)26-29-28-13-36-26/h5-8,11-14,22H,4,9-10H2,1-3H3. The first-order valence-electron chi connectivity index (χ1n) is 11.6. The average Bonchev–Trinajstić information content (AvgIpc) is 3.47. The molecule has 0 saturated carbocycles. The smallest absolute Gasteiger partial charge is 0.297 e. The molecule has 0 spiro atoms. The van der Waals surface area contributed by atoms with Gasteiger partial charge in [-0.2, -0.15) is 0 Å². The number of ether oxygens (including phenoxy) is 2. The zero-order valence-corrected chi connectivity index (χ0v) is 22.4. The maximum absolute atomic E-state index is 13.8. The number of amides is 1. The molecule has 0 aliphatic carbocycles. The lowest BCUT2D eigenvalue weighted by Gasteiger charge is -2.23. The summed E-state index contributed by atoms with van der Waals surface area (Å²) in [5.41, 5.74) is 2.56. The third-order valence-corrected chi connectivity index (χ3v) is 7.11. The molecule has 4 aromatic rings. The van der Waals surface area contributed by atoms with Crippen molar-refractivity contribution in [3.05, 3.63) is 73.5 Å². The van der Waals surface area contributed by atoms with Gasteiger partial charge in [-0.15, -0.1) is 10.2 Å². The van der Waals surface area contributed by atoms with E-state index in [9.17, 15) is 9.59 Å². The van der Waals surface area contributed by atoms with Crippen molar-refractivity contribution in [2.45, 2.75) is 33.2 Å². The Kier molecular flexibility index (Phi) is 6.81. The molecule has 2 aromatic heterocycles. The van der Waals surface area contributed by atoms with Crippen LogP contribution in [-0.4, -0.2) is 29.3 Å². The molecule has 10 heteroatoms. The lowest BCUT2D eigenvalue weighted by molar-refractivity contribution is 0.0970. The van der Waals surface area contributed by atoms with Crippen LogP contribution in [0.4, 0.5) is 5.13 Å². The van der Waals surface area contributed by atoms with Crippen molar-refractivity contribution in [2.24, 2.45) is 5.92 Å². The van der Waals surface area contributed by atoms with Crippen LogP contribution >= 0.6 is 27.3 Å². The Labute approximate surface area is 220 Å². The minimum atomic E-state index is -0.760. The summed E-state index contributed by atoms with van der Waals surface area (Å²) in [4.78, 5) is 28.8. The maximum Gasteiger partial charge on any atom is 0.297 e. The fourth-order valence-corrected chi connectivity index (χ4v) is 5.16. The number of carbonyl (C=O) groups excluding carboxylic acids is 1. The van der Waals surface area contributed by atoms with Crippen molar-refractivity contribution in [1.82, 2.24) is 10.2 Å². The van der Waals surface area contributed by atoms with Gasteiger partial charge >= 0.3 is 0 Å². The van der Waals surface area contributed by atoms with E-state index in [-0.39, 0.29) is 16.8 Å². The van der Waals surface area contributed by atoms with Crippen LogP contribution in [0.2, 0.25) is 0 Å². The van der Waals surface area contributed by atoms with Crippen LogP contribution in [0, 0.1) is 5.92 Å². The number of fused-ring (bicyclic) bond motifs is 2. The SMILES string of the molecule is CCOc1cc(C2c3c(oc4ccc(Br)cc4c3=O)C(=O)N2c2nncs2)ccc1OCCC(C)C. The van der Waals surface area contributed by atoms with E-state index in [0.717, 1.165) is 10.9 Å². The number of anilines is 1. The number of halogens is 1. The van der Waals surface area contributed by atoms with Crippen molar-refractivity contribution in [1.29, 1.82) is 0 Å². The van der Waals surface area contributed by atoms with Gasteiger partial charge in [-0.25, -0.2) is 0 Å². The summed E-state index contributed by atoms with van der Waals surface area (Å²) < 4.78 is 18.6. The van der Waals surface area contributed by atoms with Gasteiger partial charge in [0.25, 0.3) is 5.91 Å². The van der Waals surface area contributed by atoms with Gasteiger partial charge < -0.3 is 13.9 Å². The van der Waals surface area contributed by atoms with Crippen molar-refractivity contribution >= 4 is 49.3 Å². The zero-order chi connectivity index (χ0) is 25.4. The van der Waals surface area contributed by atoms with E-state index in [2.05, 4.69) is 40.0 Å². The minimum absolute atomic E-state index is 0.00485. The number of carbonyl (C=O) groups is 1. The van der Waals surface area contributed by atoms with Crippen molar-refractivity contribution < 1.29 is 18.7 Å². The largest absolute Gasteiger partial charge is 0.490 e. The molecule has 186 valence electrons. The fraction of sp³-hybridized carbons (Fsp3) is 0.308. The number of benzene rings is 2. The molecule has 1 aliphatic heterocycles. The van der Waals surface area contributed by atoms with E-state index in [1.54, 1.807) is 23.7 Å².